The number of benzene rings is 2. The Kier molecular flexibility index (Phi) is 4.34. The first-order chi connectivity index (χ1) is 9.73. The highest BCUT2D eigenvalue weighted by atomic mass is 35.5. The van der Waals surface area contributed by atoms with Crippen molar-refractivity contribution in [1.29, 1.82) is 0 Å². The monoisotopic (exact) mass is 320 g/mol. The minimum absolute atomic E-state index is 0.236. The molecule has 0 aromatic heterocycles. The van der Waals surface area contributed by atoms with Crippen molar-refractivity contribution < 1.29 is 0 Å². The van der Waals surface area contributed by atoms with Gasteiger partial charge in [-0.25, -0.2) is 0 Å². The van der Waals surface area contributed by atoms with Crippen LogP contribution in [0.25, 0.3) is 0 Å². The molecule has 20 heavy (non-hydrogen) atoms. The van der Waals surface area contributed by atoms with Crippen LogP contribution < -0.4 is 0 Å². The van der Waals surface area contributed by atoms with Gasteiger partial charge in [-0.05, 0) is 35.4 Å². The lowest BCUT2D eigenvalue weighted by atomic mass is 10.0. The van der Waals surface area contributed by atoms with Gasteiger partial charge >= 0.3 is 0 Å². The molecule has 0 bridgehead atoms. The Balaban J connectivity index is 1.79. The summed E-state index contributed by atoms with van der Waals surface area (Å²) in [5, 5.41) is 1.40. The van der Waals surface area contributed by atoms with Gasteiger partial charge in [0.15, 0.2) is 0 Å². The van der Waals surface area contributed by atoms with Crippen molar-refractivity contribution in [3.8, 4) is 0 Å². The third-order valence-corrected chi connectivity index (χ3v) is 7.18. The molecule has 1 aliphatic rings. The fourth-order valence-corrected chi connectivity index (χ4v) is 6.20. The number of rotatable bonds is 4. The maximum Gasteiger partial charge on any atom is 0.0879 e. The van der Waals surface area contributed by atoms with Gasteiger partial charge in [-0.1, -0.05) is 61.0 Å². The van der Waals surface area contributed by atoms with Gasteiger partial charge in [0.05, 0.1) is 4.08 Å². The summed E-state index contributed by atoms with van der Waals surface area (Å²) in [6.45, 7) is 2.24. The molecule has 2 atom stereocenters. The minimum atomic E-state index is 0.236. The highest BCUT2D eigenvalue weighted by molar-refractivity contribution is 8.18. The van der Waals surface area contributed by atoms with Gasteiger partial charge in [-0.15, -0.1) is 23.5 Å². The zero-order valence-corrected chi connectivity index (χ0v) is 13.8. The van der Waals surface area contributed by atoms with Crippen molar-refractivity contribution >= 4 is 35.1 Å². The molecule has 0 saturated carbocycles. The van der Waals surface area contributed by atoms with Crippen LogP contribution in [0.3, 0.4) is 0 Å². The van der Waals surface area contributed by atoms with Crippen LogP contribution in [0.5, 0.6) is 0 Å². The van der Waals surface area contributed by atoms with E-state index in [0.29, 0.717) is 5.25 Å². The summed E-state index contributed by atoms with van der Waals surface area (Å²) in [6, 6.07) is 19.2. The molecule has 0 radical (unpaired) electrons. The first-order valence-corrected chi connectivity index (χ1v) is 9.10. The third kappa shape index (κ3) is 2.74. The van der Waals surface area contributed by atoms with E-state index in [-0.39, 0.29) is 4.08 Å². The van der Waals surface area contributed by atoms with Crippen LogP contribution in [0.2, 0.25) is 5.02 Å². The largest absolute Gasteiger partial charge is 0.140 e. The van der Waals surface area contributed by atoms with E-state index in [9.17, 15) is 0 Å². The highest BCUT2D eigenvalue weighted by Crippen LogP contribution is 2.67. The molecule has 2 aromatic rings. The molecule has 1 aliphatic heterocycles. The lowest BCUT2D eigenvalue weighted by Crippen LogP contribution is -2.31. The molecule has 1 fully saturated rings. The second-order valence-electron chi connectivity index (χ2n) is 4.91. The van der Waals surface area contributed by atoms with E-state index < -0.39 is 0 Å². The molecular formula is C17H17ClS2. The van der Waals surface area contributed by atoms with Gasteiger partial charge in [0.2, 0.25) is 0 Å². The van der Waals surface area contributed by atoms with Crippen LogP contribution in [0.15, 0.2) is 54.6 Å². The molecule has 0 aliphatic carbocycles. The SMILES string of the molecule is CCS[C@@]1(c2ccccc2)C[C@@H](c2ccc(Cl)cc2)S1. The number of halogens is 1. The highest BCUT2D eigenvalue weighted by Gasteiger charge is 2.47. The lowest BCUT2D eigenvalue weighted by molar-refractivity contribution is 0.674. The molecule has 0 unspecified atom stereocenters. The predicted molar refractivity (Wildman–Crippen MR) is 92.7 cm³/mol. The number of thioether (sulfide) groups is 2. The van der Waals surface area contributed by atoms with E-state index in [4.69, 9.17) is 11.6 Å². The van der Waals surface area contributed by atoms with Gasteiger partial charge < -0.3 is 0 Å². The van der Waals surface area contributed by atoms with Gasteiger partial charge in [-0.2, -0.15) is 0 Å². The Bertz CT molecular complexity index is 559. The third-order valence-electron chi connectivity index (χ3n) is 3.62. The molecule has 0 amide bonds. The Hall–Kier alpha value is -0.570. The van der Waals surface area contributed by atoms with E-state index in [1.54, 1.807) is 0 Å². The summed E-state index contributed by atoms with van der Waals surface area (Å²) in [5.41, 5.74) is 2.84. The second-order valence-corrected chi connectivity index (χ2v) is 8.67. The Labute approximate surface area is 134 Å². The predicted octanol–water partition coefficient (Wildman–Crippen LogP) is 6.12. The van der Waals surface area contributed by atoms with Crippen molar-refractivity contribution in [1.82, 2.24) is 0 Å². The summed E-state index contributed by atoms with van der Waals surface area (Å²) in [6.07, 6.45) is 1.20. The smallest absolute Gasteiger partial charge is 0.0879 e. The molecule has 0 spiro atoms. The average molecular weight is 321 g/mol. The normalized spacial score (nSPS) is 25.2. The summed E-state index contributed by atoms with van der Waals surface area (Å²) in [5.74, 6) is 1.15. The second kappa shape index (κ2) is 6.05. The standard InChI is InChI=1S/C17H17ClS2/c1-2-19-17(14-6-4-3-5-7-14)12-16(20-17)13-8-10-15(18)11-9-13/h3-11,16H,2,12H2,1H3/t16-,17-/m0/s1. The Morgan fingerprint density at radius 2 is 1.80 bits per heavy atom. The van der Waals surface area contributed by atoms with Crippen molar-refractivity contribution in [2.24, 2.45) is 0 Å². The zero-order valence-electron chi connectivity index (χ0n) is 11.4. The number of hydrogen-bond acceptors (Lipinski definition) is 2. The van der Waals surface area contributed by atoms with E-state index >= 15 is 0 Å². The summed E-state index contributed by atoms with van der Waals surface area (Å²) >= 11 is 10.1. The van der Waals surface area contributed by atoms with Crippen LogP contribution in [0.1, 0.15) is 29.7 Å². The topological polar surface area (TPSA) is 0 Å². The molecule has 0 N–H and O–H groups in total. The van der Waals surface area contributed by atoms with Crippen molar-refractivity contribution in [2.75, 3.05) is 5.75 Å². The Morgan fingerprint density at radius 3 is 2.40 bits per heavy atom. The van der Waals surface area contributed by atoms with Crippen molar-refractivity contribution in [3.63, 3.8) is 0 Å². The lowest BCUT2D eigenvalue weighted by Gasteiger charge is -2.47. The van der Waals surface area contributed by atoms with E-state index in [0.717, 1.165) is 10.8 Å². The minimum Gasteiger partial charge on any atom is -0.140 e. The molecule has 3 rings (SSSR count). The average Bonchev–Trinajstić information content (AvgIpc) is 2.45. The van der Waals surface area contributed by atoms with Gasteiger partial charge in [0.25, 0.3) is 0 Å². The fraction of sp³-hybridized carbons (Fsp3) is 0.294. The zero-order chi connectivity index (χ0) is 14.0. The molecular weight excluding hydrogens is 304 g/mol. The molecule has 104 valence electrons. The van der Waals surface area contributed by atoms with Crippen molar-refractivity contribution in [3.05, 3.63) is 70.7 Å². The molecule has 1 heterocycles. The molecule has 3 heteroatoms. The van der Waals surface area contributed by atoms with Crippen LogP contribution in [-0.4, -0.2) is 5.75 Å². The quantitative estimate of drug-likeness (QED) is 0.665. The maximum atomic E-state index is 5.97. The molecule has 2 aromatic carbocycles. The Morgan fingerprint density at radius 1 is 1.15 bits per heavy atom. The van der Waals surface area contributed by atoms with Gasteiger partial charge in [0, 0.05) is 10.3 Å². The molecule has 0 nitrogen and oxygen atoms in total. The van der Waals surface area contributed by atoms with Crippen LogP contribution in [-0.2, 0) is 4.08 Å². The van der Waals surface area contributed by atoms with E-state index in [2.05, 4.69) is 72.9 Å². The van der Waals surface area contributed by atoms with Gasteiger partial charge in [-0.3, -0.25) is 0 Å². The summed E-state index contributed by atoms with van der Waals surface area (Å²) in [7, 11) is 0. The summed E-state index contributed by atoms with van der Waals surface area (Å²) in [4.78, 5) is 0. The van der Waals surface area contributed by atoms with Crippen LogP contribution in [0.4, 0.5) is 0 Å². The first-order valence-electron chi connectivity index (χ1n) is 6.86. The van der Waals surface area contributed by atoms with Crippen LogP contribution in [0, 0.1) is 0 Å². The van der Waals surface area contributed by atoms with Crippen LogP contribution >= 0.6 is 35.1 Å². The number of hydrogen-bond donors (Lipinski definition) is 0. The van der Waals surface area contributed by atoms with Gasteiger partial charge in [0.1, 0.15) is 0 Å². The first kappa shape index (κ1) is 14.4. The van der Waals surface area contributed by atoms with E-state index in [1.165, 1.54) is 17.5 Å². The van der Waals surface area contributed by atoms with Crippen molar-refractivity contribution in [2.45, 2.75) is 22.7 Å². The molecule has 1 saturated heterocycles. The van der Waals surface area contributed by atoms with E-state index in [1.807, 2.05) is 12.1 Å². The maximum absolute atomic E-state index is 5.97. The fourth-order valence-electron chi connectivity index (χ4n) is 2.61. The summed E-state index contributed by atoms with van der Waals surface area (Å²) < 4.78 is 0.236.